The fourth-order valence-corrected chi connectivity index (χ4v) is 7.11. The molecule has 0 aromatic heterocycles. The molecule has 1 unspecified atom stereocenters. The molecule has 2 aliphatic carbocycles. The third-order valence-corrected chi connectivity index (χ3v) is 9.60. The molecule has 0 radical (unpaired) electrons. The van der Waals surface area contributed by atoms with Crippen LogP contribution in [0.3, 0.4) is 0 Å². The minimum atomic E-state index is -3.89. The summed E-state index contributed by atoms with van der Waals surface area (Å²) in [7, 11) is -2.55. The Balaban J connectivity index is 1.52. The normalized spacial score (nSPS) is 25.2. The average molecular weight is 560 g/mol. The minimum Gasteiger partial charge on any atom is -0.490 e. The molecule has 1 aliphatic heterocycles. The summed E-state index contributed by atoms with van der Waals surface area (Å²) in [4.78, 5) is 14.2. The van der Waals surface area contributed by atoms with Crippen molar-refractivity contribution in [2.75, 3.05) is 31.7 Å². The zero-order chi connectivity index (χ0) is 27.1. The van der Waals surface area contributed by atoms with E-state index < -0.39 is 16.1 Å². The number of nitrogens with two attached hydrogens (primary N) is 1. The number of methoxy groups -OCH3 is 1. The summed E-state index contributed by atoms with van der Waals surface area (Å²) in [6.45, 7) is 5.74. The number of hydrogen-bond donors (Lipinski definition) is 2. The van der Waals surface area contributed by atoms with Gasteiger partial charge >= 0.3 is 6.09 Å². The van der Waals surface area contributed by atoms with E-state index in [0.717, 1.165) is 42.8 Å². The van der Waals surface area contributed by atoms with Crippen LogP contribution in [-0.2, 0) is 26.6 Å². The number of benzene rings is 2. The van der Waals surface area contributed by atoms with Crippen molar-refractivity contribution in [2.45, 2.75) is 48.5 Å². The Morgan fingerprint density at radius 1 is 1.34 bits per heavy atom. The largest absolute Gasteiger partial charge is 0.490 e. The second kappa shape index (κ2) is 10.4. The van der Waals surface area contributed by atoms with Gasteiger partial charge in [0.1, 0.15) is 5.75 Å². The second-order valence-electron chi connectivity index (χ2n) is 10.7. The fourth-order valence-electron chi connectivity index (χ4n) is 6.38. The molecule has 8 nitrogen and oxygen atoms in total. The van der Waals surface area contributed by atoms with Crippen molar-refractivity contribution in [3.8, 4) is 5.75 Å². The molecule has 2 aromatic rings. The molecule has 1 saturated carbocycles. The molecular formula is C28H34ClN3O5S. The highest BCUT2D eigenvalue weighted by Gasteiger charge is 2.44. The van der Waals surface area contributed by atoms with Crippen molar-refractivity contribution in [1.29, 1.82) is 0 Å². The summed E-state index contributed by atoms with van der Waals surface area (Å²) in [6, 6.07) is 10.7. The number of nitrogens with one attached hydrogen (secondary N) is 1. The van der Waals surface area contributed by atoms with E-state index in [9.17, 15) is 13.2 Å². The lowest BCUT2D eigenvalue weighted by atomic mass is 9.68. The van der Waals surface area contributed by atoms with Gasteiger partial charge in [0.05, 0.1) is 30.3 Å². The molecule has 0 bridgehead atoms. The van der Waals surface area contributed by atoms with Crippen LogP contribution >= 0.6 is 11.6 Å². The van der Waals surface area contributed by atoms with E-state index in [4.69, 9.17) is 26.2 Å². The van der Waals surface area contributed by atoms with Crippen LogP contribution in [0.2, 0.25) is 5.02 Å². The van der Waals surface area contributed by atoms with Crippen LogP contribution in [0.1, 0.15) is 36.8 Å². The molecule has 204 valence electrons. The number of carbonyl (C=O) groups excluding carboxylic acids is 1. The van der Waals surface area contributed by atoms with E-state index in [2.05, 4.69) is 22.9 Å². The molecule has 0 saturated heterocycles. The molecule has 10 heteroatoms. The maximum Gasteiger partial charge on any atom is 0.407 e. The van der Waals surface area contributed by atoms with Crippen molar-refractivity contribution in [1.82, 2.24) is 5.32 Å². The van der Waals surface area contributed by atoms with Crippen molar-refractivity contribution < 1.29 is 22.7 Å². The Hall–Kier alpha value is -2.75. The summed E-state index contributed by atoms with van der Waals surface area (Å²) in [5.41, 5.74) is 2.91. The molecule has 3 aliphatic rings. The SMILES string of the molecule is C=CC(NC(=O)OC)[C@@H]1CC[C@H]1CN1C[C@@]2(CCCc3cc(Cl)ccc32)COc2ccc(S(N)(=O)=O)cc21. The van der Waals surface area contributed by atoms with Gasteiger partial charge in [-0.25, -0.2) is 18.4 Å². The van der Waals surface area contributed by atoms with Crippen LogP contribution < -0.4 is 20.1 Å². The highest BCUT2D eigenvalue weighted by molar-refractivity contribution is 7.89. The minimum absolute atomic E-state index is 0.0538. The predicted molar refractivity (Wildman–Crippen MR) is 147 cm³/mol. The van der Waals surface area contributed by atoms with Crippen LogP contribution in [0.25, 0.3) is 0 Å². The molecule has 1 heterocycles. The number of aryl methyl sites for hydroxylation is 1. The van der Waals surface area contributed by atoms with Gasteiger partial charge in [-0.3, -0.25) is 0 Å². The molecule has 1 amide bonds. The van der Waals surface area contributed by atoms with Crippen molar-refractivity contribution in [3.05, 3.63) is 65.2 Å². The molecular weight excluding hydrogens is 526 g/mol. The number of fused-ring (bicyclic) bond motifs is 3. The lowest BCUT2D eigenvalue weighted by molar-refractivity contribution is 0.127. The first kappa shape index (κ1) is 26.8. The third kappa shape index (κ3) is 5.11. The standard InChI is InChI=1S/C28H34ClN3O5S/c1-3-24(31-27(33)36-2)22-9-6-19(22)15-32-16-28(12-4-5-18-13-20(29)7-10-23(18)28)17-37-26-11-8-21(14-25(26)32)38(30,34)35/h3,7-8,10-11,13-14,19,22,24H,1,4-6,9,12,15-17H2,2H3,(H,31,33)(H2,30,34,35)/t19-,22+,24?,28-/m0/s1. The molecule has 3 N–H and O–H groups in total. The van der Waals surface area contributed by atoms with E-state index in [-0.39, 0.29) is 28.2 Å². The first-order valence-corrected chi connectivity index (χ1v) is 14.9. The van der Waals surface area contributed by atoms with Gasteiger partial charge in [0.15, 0.2) is 0 Å². The average Bonchev–Trinajstić information content (AvgIpc) is 3.02. The summed E-state index contributed by atoms with van der Waals surface area (Å²) in [6.07, 6.45) is 6.13. The van der Waals surface area contributed by atoms with Crippen molar-refractivity contribution in [3.63, 3.8) is 0 Å². The highest BCUT2D eigenvalue weighted by Crippen LogP contribution is 2.46. The lowest BCUT2D eigenvalue weighted by Gasteiger charge is -2.46. The Labute approximate surface area is 229 Å². The quantitative estimate of drug-likeness (QED) is 0.508. The number of rotatable bonds is 6. The highest BCUT2D eigenvalue weighted by atomic mass is 35.5. The van der Waals surface area contributed by atoms with Gasteiger partial charge in [-0.1, -0.05) is 23.7 Å². The van der Waals surface area contributed by atoms with Gasteiger partial charge in [0, 0.05) is 23.5 Å². The molecule has 1 fully saturated rings. The second-order valence-corrected chi connectivity index (χ2v) is 12.7. The van der Waals surface area contributed by atoms with E-state index in [1.807, 2.05) is 12.1 Å². The molecule has 4 atom stereocenters. The zero-order valence-electron chi connectivity index (χ0n) is 21.5. The Morgan fingerprint density at radius 3 is 2.84 bits per heavy atom. The number of carbonyl (C=O) groups is 1. The Bertz CT molecular complexity index is 1350. The molecule has 5 rings (SSSR count). The number of nitrogens with zero attached hydrogens (tertiary/aromatic N) is 1. The first-order valence-electron chi connectivity index (χ1n) is 12.9. The topological polar surface area (TPSA) is 111 Å². The Kier molecular flexibility index (Phi) is 7.37. The summed E-state index contributed by atoms with van der Waals surface area (Å²) < 4.78 is 35.7. The summed E-state index contributed by atoms with van der Waals surface area (Å²) in [5, 5.41) is 9.12. The Morgan fingerprint density at radius 2 is 2.16 bits per heavy atom. The van der Waals surface area contributed by atoms with Crippen LogP contribution in [0.15, 0.2) is 53.9 Å². The molecule has 2 aromatic carbocycles. The zero-order valence-corrected chi connectivity index (χ0v) is 23.1. The number of halogens is 1. The van der Waals surface area contributed by atoms with Crippen LogP contribution in [0, 0.1) is 11.8 Å². The van der Waals surface area contributed by atoms with Gasteiger partial charge in [-0.05, 0) is 85.4 Å². The monoisotopic (exact) mass is 559 g/mol. The van der Waals surface area contributed by atoms with E-state index >= 15 is 0 Å². The lowest BCUT2D eigenvalue weighted by Crippen LogP contribution is -2.51. The number of sulfonamides is 1. The van der Waals surface area contributed by atoms with Crippen molar-refractivity contribution in [2.24, 2.45) is 17.0 Å². The first-order chi connectivity index (χ1) is 18.1. The van der Waals surface area contributed by atoms with Gasteiger partial charge in [-0.15, -0.1) is 6.58 Å². The molecule has 1 spiro atoms. The summed E-state index contributed by atoms with van der Waals surface area (Å²) >= 11 is 6.34. The maximum absolute atomic E-state index is 12.2. The van der Waals surface area contributed by atoms with E-state index in [1.54, 1.807) is 18.2 Å². The van der Waals surface area contributed by atoms with Gasteiger partial charge in [0.2, 0.25) is 10.0 Å². The predicted octanol–water partition coefficient (Wildman–Crippen LogP) is 4.40. The third-order valence-electron chi connectivity index (χ3n) is 8.45. The smallest absolute Gasteiger partial charge is 0.407 e. The number of ether oxygens (including phenoxy) is 2. The van der Waals surface area contributed by atoms with Crippen molar-refractivity contribution >= 4 is 33.4 Å². The number of alkyl carbamates (subject to hydrolysis) is 1. The van der Waals surface area contributed by atoms with Gasteiger partial charge < -0.3 is 19.7 Å². The van der Waals surface area contributed by atoms with E-state index in [1.165, 1.54) is 24.3 Å². The summed E-state index contributed by atoms with van der Waals surface area (Å²) in [5.74, 6) is 1.08. The maximum atomic E-state index is 12.2. The number of hydrogen-bond acceptors (Lipinski definition) is 6. The van der Waals surface area contributed by atoms with Crippen LogP contribution in [-0.4, -0.2) is 47.4 Å². The number of primary sulfonamides is 1. The van der Waals surface area contributed by atoms with E-state index in [0.29, 0.717) is 25.4 Å². The fraction of sp³-hybridized carbons (Fsp3) is 0.464. The number of amides is 1. The molecule has 38 heavy (non-hydrogen) atoms. The van der Waals surface area contributed by atoms with Crippen LogP contribution in [0.4, 0.5) is 10.5 Å². The van der Waals surface area contributed by atoms with Gasteiger partial charge in [0.25, 0.3) is 0 Å². The number of anilines is 1. The van der Waals surface area contributed by atoms with Gasteiger partial charge in [-0.2, -0.15) is 0 Å². The van der Waals surface area contributed by atoms with Crippen LogP contribution in [0.5, 0.6) is 5.75 Å².